The van der Waals surface area contributed by atoms with Crippen molar-refractivity contribution in [3.8, 4) is 11.4 Å². The van der Waals surface area contributed by atoms with E-state index < -0.39 is 0 Å². The third-order valence-corrected chi connectivity index (χ3v) is 5.18. The van der Waals surface area contributed by atoms with E-state index in [-0.39, 0.29) is 5.91 Å². The SMILES string of the molecule is COc1ccc(-n2nnc3c(SCC(=O)N4CCOCC4)ncnc32)cc1. The van der Waals surface area contributed by atoms with Gasteiger partial charge in [-0.3, -0.25) is 4.79 Å². The molecule has 1 aliphatic rings. The van der Waals surface area contributed by atoms with Crippen LogP contribution in [0.1, 0.15) is 0 Å². The summed E-state index contributed by atoms with van der Waals surface area (Å²) in [6.07, 6.45) is 1.47. The lowest BCUT2D eigenvalue weighted by Gasteiger charge is -2.26. The highest BCUT2D eigenvalue weighted by molar-refractivity contribution is 8.00. The van der Waals surface area contributed by atoms with Gasteiger partial charge in [0.2, 0.25) is 5.91 Å². The van der Waals surface area contributed by atoms with E-state index in [0.29, 0.717) is 48.2 Å². The Morgan fingerprint density at radius 3 is 2.74 bits per heavy atom. The van der Waals surface area contributed by atoms with Crippen molar-refractivity contribution in [2.24, 2.45) is 0 Å². The predicted molar refractivity (Wildman–Crippen MR) is 99.1 cm³/mol. The fourth-order valence-electron chi connectivity index (χ4n) is 2.77. The number of hydrogen-bond acceptors (Lipinski definition) is 8. The minimum atomic E-state index is 0.0672. The fourth-order valence-corrected chi connectivity index (χ4v) is 3.60. The number of carbonyl (C=O) groups excluding carboxylic acids is 1. The second-order valence-electron chi connectivity index (χ2n) is 5.83. The molecular formula is C17H18N6O3S. The van der Waals surface area contributed by atoms with Crippen LogP contribution in [-0.2, 0) is 9.53 Å². The molecule has 1 saturated heterocycles. The van der Waals surface area contributed by atoms with Gasteiger partial charge in [-0.2, -0.15) is 4.68 Å². The number of methoxy groups -OCH3 is 1. The largest absolute Gasteiger partial charge is 0.497 e. The standard InChI is InChI=1S/C17H18N6O3S/c1-25-13-4-2-12(3-5-13)23-16-15(20-21-23)17(19-11-18-16)27-10-14(24)22-6-8-26-9-7-22/h2-5,11H,6-10H2,1H3. The van der Waals surface area contributed by atoms with Crippen molar-refractivity contribution >= 4 is 28.8 Å². The molecule has 1 aliphatic heterocycles. The number of amides is 1. The molecule has 9 nitrogen and oxygen atoms in total. The van der Waals surface area contributed by atoms with Gasteiger partial charge in [0, 0.05) is 13.1 Å². The Balaban J connectivity index is 1.54. The molecular weight excluding hydrogens is 368 g/mol. The van der Waals surface area contributed by atoms with E-state index in [1.807, 2.05) is 29.2 Å². The number of thioether (sulfide) groups is 1. The van der Waals surface area contributed by atoms with Crippen LogP contribution < -0.4 is 4.74 Å². The molecule has 4 rings (SSSR count). The Bertz CT molecular complexity index is 939. The van der Waals surface area contributed by atoms with Crippen molar-refractivity contribution in [3.05, 3.63) is 30.6 Å². The average molecular weight is 386 g/mol. The summed E-state index contributed by atoms with van der Waals surface area (Å²) in [7, 11) is 1.62. The topological polar surface area (TPSA) is 95.3 Å². The first-order chi connectivity index (χ1) is 13.3. The summed E-state index contributed by atoms with van der Waals surface area (Å²) in [4.78, 5) is 22.7. The normalized spacial score (nSPS) is 14.5. The highest BCUT2D eigenvalue weighted by Gasteiger charge is 2.19. The smallest absolute Gasteiger partial charge is 0.233 e. The third-order valence-electron chi connectivity index (χ3n) is 4.22. The van der Waals surface area contributed by atoms with Crippen LogP contribution in [0.25, 0.3) is 16.9 Å². The molecule has 0 spiro atoms. The van der Waals surface area contributed by atoms with E-state index in [0.717, 1.165) is 11.4 Å². The number of nitrogens with zero attached hydrogens (tertiary/aromatic N) is 6. The number of fused-ring (bicyclic) bond motifs is 1. The zero-order chi connectivity index (χ0) is 18.6. The van der Waals surface area contributed by atoms with E-state index in [9.17, 15) is 4.79 Å². The van der Waals surface area contributed by atoms with Gasteiger partial charge >= 0.3 is 0 Å². The first-order valence-electron chi connectivity index (χ1n) is 8.45. The van der Waals surface area contributed by atoms with Gasteiger partial charge in [0.25, 0.3) is 0 Å². The number of carbonyl (C=O) groups is 1. The Hall–Kier alpha value is -2.72. The maximum Gasteiger partial charge on any atom is 0.233 e. The van der Waals surface area contributed by atoms with E-state index in [4.69, 9.17) is 9.47 Å². The zero-order valence-corrected chi connectivity index (χ0v) is 15.6. The monoisotopic (exact) mass is 386 g/mol. The summed E-state index contributed by atoms with van der Waals surface area (Å²) in [6, 6.07) is 7.45. The first kappa shape index (κ1) is 17.7. The maximum absolute atomic E-state index is 12.3. The van der Waals surface area contributed by atoms with Gasteiger partial charge in [0.05, 0.1) is 31.8 Å². The molecule has 0 saturated carbocycles. The molecule has 0 aliphatic carbocycles. The minimum Gasteiger partial charge on any atom is -0.497 e. The predicted octanol–water partition coefficient (Wildman–Crippen LogP) is 1.17. The van der Waals surface area contributed by atoms with Crippen LogP contribution in [0.5, 0.6) is 5.75 Å². The number of hydrogen-bond donors (Lipinski definition) is 0. The van der Waals surface area contributed by atoms with Crippen LogP contribution in [0.3, 0.4) is 0 Å². The van der Waals surface area contributed by atoms with E-state index in [2.05, 4.69) is 20.3 Å². The molecule has 0 N–H and O–H groups in total. The van der Waals surface area contributed by atoms with Crippen molar-refractivity contribution in [2.45, 2.75) is 5.03 Å². The van der Waals surface area contributed by atoms with Gasteiger partial charge < -0.3 is 14.4 Å². The second-order valence-corrected chi connectivity index (χ2v) is 6.80. The summed E-state index contributed by atoms with van der Waals surface area (Å²) in [5.41, 5.74) is 1.99. The molecule has 0 unspecified atom stereocenters. The van der Waals surface area contributed by atoms with Crippen molar-refractivity contribution in [1.82, 2.24) is 29.9 Å². The first-order valence-corrected chi connectivity index (χ1v) is 9.44. The third kappa shape index (κ3) is 3.71. The second kappa shape index (κ2) is 7.89. The molecule has 0 bridgehead atoms. The molecule has 1 aromatic carbocycles. The van der Waals surface area contributed by atoms with Crippen molar-refractivity contribution < 1.29 is 14.3 Å². The molecule has 0 radical (unpaired) electrons. The van der Waals surface area contributed by atoms with Gasteiger partial charge in [-0.15, -0.1) is 5.10 Å². The number of morpholine rings is 1. The number of benzene rings is 1. The van der Waals surface area contributed by atoms with Crippen LogP contribution in [-0.4, -0.2) is 74.9 Å². The van der Waals surface area contributed by atoms with Crippen LogP contribution >= 0.6 is 11.8 Å². The minimum absolute atomic E-state index is 0.0672. The summed E-state index contributed by atoms with van der Waals surface area (Å²) in [6.45, 7) is 2.44. The lowest BCUT2D eigenvalue weighted by molar-refractivity contribution is -0.132. The van der Waals surface area contributed by atoms with Crippen molar-refractivity contribution in [3.63, 3.8) is 0 Å². The highest BCUT2D eigenvalue weighted by Crippen LogP contribution is 2.25. The quantitative estimate of drug-likeness (QED) is 0.476. The Morgan fingerprint density at radius 2 is 2.00 bits per heavy atom. The molecule has 1 fully saturated rings. The Kier molecular flexibility index (Phi) is 5.16. The number of ether oxygens (including phenoxy) is 2. The van der Waals surface area contributed by atoms with Crippen molar-refractivity contribution in [1.29, 1.82) is 0 Å². The average Bonchev–Trinajstić information content (AvgIpc) is 3.17. The molecule has 3 heterocycles. The van der Waals surface area contributed by atoms with Crippen LogP contribution in [0.4, 0.5) is 0 Å². The molecule has 1 amide bonds. The molecule has 0 atom stereocenters. The zero-order valence-electron chi connectivity index (χ0n) is 14.7. The molecule has 27 heavy (non-hydrogen) atoms. The van der Waals surface area contributed by atoms with Gasteiger partial charge in [0.15, 0.2) is 11.2 Å². The van der Waals surface area contributed by atoms with E-state index in [1.54, 1.807) is 11.8 Å². The van der Waals surface area contributed by atoms with Crippen LogP contribution in [0.15, 0.2) is 35.6 Å². The lowest BCUT2D eigenvalue weighted by atomic mass is 10.3. The van der Waals surface area contributed by atoms with Crippen LogP contribution in [0, 0.1) is 0 Å². The Morgan fingerprint density at radius 1 is 1.22 bits per heavy atom. The van der Waals surface area contributed by atoms with E-state index >= 15 is 0 Å². The molecule has 2 aromatic heterocycles. The summed E-state index contributed by atoms with van der Waals surface area (Å²) >= 11 is 1.35. The highest BCUT2D eigenvalue weighted by atomic mass is 32.2. The number of rotatable bonds is 5. The van der Waals surface area contributed by atoms with E-state index in [1.165, 1.54) is 18.1 Å². The molecule has 140 valence electrons. The molecule has 3 aromatic rings. The van der Waals surface area contributed by atoms with Gasteiger partial charge in [-0.1, -0.05) is 17.0 Å². The fraction of sp³-hybridized carbons (Fsp3) is 0.353. The lowest BCUT2D eigenvalue weighted by Crippen LogP contribution is -2.41. The van der Waals surface area contributed by atoms with Gasteiger partial charge in [0.1, 0.15) is 17.1 Å². The van der Waals surface area contributed by atoms with Crippen LogP contribution in [0.2, 0.25) is 0 Å². The summed E-state index contributed by atoms with van der Waals surface area (Å²) in [5, 5.41) is 9.06. The van der Waals surface area contributed by atoms with Crippen molar-refractivity contribution in [2.75, 3.05) is 39.2 Å². The molecule has 10 heteroatoms. The summed E-state index contributed by atoms with van der Waals surface area (Å²) < 4.78 is 12.1. The van der Waals surface area contributed by atoms with Gasteiger partial charge in [-0.25, -0.2) is 9.97 Å². The van der Waals surface area contributed by atoms with Gasteiger partial charge in [-0.05, 0) is 24.3 Å². The number of aromatic nitrogens is 5. The summed E-state index contributed by atoms with van der Waals surface area (Å²) in [5.74, 6) is 1.12. The Labute approximate surface area is 159 Å². The maximum atomic E-state index is 12.3.